The van der Waals surface area contributed by atoms with Crippen LogP contribution in [0.15, 0.2) is 60.7 Å². The maximum Gasteiger partial charge on any atom is 0.417 e. The Bertz CT molecular complexity index is 1380. The number of fused-ring (bicyclic) bond motifs is 2. The quantitative estimate of drug-likeness (QED) is 0.253. The Morgan fingerprint density at radius 1 is 0.853 bits per heavy atom. The molecule has 2 N–H and O–H groups in total. The monoisotopic (exact) mass is 475 g/mol. The number of pyridine rings is 1. The average molecular weight is 475 g/mol. The van der Waals surface area contributed by atoms with Crippen molar-refractivity contribution in [3.63, 3.8) is 0 Å². The molecule has 0 saturated carbocycles. The highest BCUT2D eigenvalue weighted by molar-refractivity contribution is 5.94. The van der Waals surface area contributed by atoms with Crippen LogP contribution < -0.4 is 0 Å². The highest BCUT2D eigenvalue weighted by Gasteiger charge is 2.56. The number of phenolic OH excluding ortho intramolecular Hbond substituents is 1. The van der Waals surface area contributed by atoms with Crippen LogP contribution >= 0.6 is 0 Å². The second-order valence-electron chi connectivity index (χ2n) is 9.25. The maximum atomic E-state index is 14.4. The third-order valence-electron chi connectivity index (χ3n) is 6.10. The van der Waals surface area contributed by atoms with Gasteiger partial charge >= 0.3 is 6.18 Å². The van der Waals surface area contributed by atoms with Crippen LogP contribution in [0.5, 0.6) is 5.75 Å². The minimum Gasteiger partial charge on any atom is -0.508 e. The van der Waals surface area contributed by atoms with Crippen molar-refractivity contribution in [1.82, 2.24) is 4.98 Å². The standard InChI is InChI=1S/C26H22F5NO2/c1-24(2,20-12-18(27)7-8-22(20)33)14-25(34,26(29,30)31)13-17-11-19(28)10-16-9-15-5-3-4-6-21(15)32-23(16)17/h3-12,33-34H,13-14H2,1-2H3. The number of rotatable bonds is 5. The van der Waals surface area contributed by atoms with Crippen molar-refractivity contribution in [2.45, 2.75) is 43.9 Å². The van der Waals surface area contributed by atoms with Crippen LogP contribution in [0.3, 0.4) is 0 Å². The van der Waals surface area contributed by atoms with Crippen LogP contribution in [0, 0.1) is 11.6 Å². The van der Waals surface area contributed by atoms with Gasteiger partial charge in [-0.15, -0.1) is 0 Å². The van der Waals surface area contributed by atoms with Gasteiger partial charge in [-0.2, -0.15) is 13.2 Å². The SMILES string of the molecule is CC(C)(CC(O)(Cc1cc(F)cc2cc3ccccc3nc12)C(F)(F)F)c1cc(F)ccc1O. The lowest BCUT2D eigenvalue weighted by atomic mass is 9.72. The molecule has 0 bridgehead atoms. The van der Waals surface area contributed by atoms with E-state index in [0.717, 1.165) is 24.3 Å². The van der Waals surface area contributed by atoms with Crippen molar-refractivity contribution in [2.24, 2.45) is 0 Å². The van der Waals surface area contributed by atoms with E-state index in [1.807, 2.05) is 0 Å². The second-order valence-corrected chi connectivity index (χ2v) is 9.25. The number of alkyl halides is 3. The van der Waals surface area contributed by atoms with Gasteiger partial charge in [-0.3, -0.25) is 0 Å². The fraction of sp³-hybridized carbons (Fsp3) is 0.269. The number of phenols is 1. The van der Waals surface area contributed by atoms with Crippen LogP contribution in [0.1, 0.15) is 31.4 Å². The molecule has 0 aliphatic rings. The number of aromatic hydroxyl groups is 1. The number of hydrogen-bond donors (Lipinski definition) is 2. The summed E-state index contributed by atoms with van der Waals surface area (Å²) in [7, 11) is 0. The van der Waals surface area contributed by atoms with Crippen molar-refractivity contribution in [1.29, 1.82) is 0 Å². The molecule has 8 heteroatoms. The average Bonchev–Trinajstić information content (AvgIpc) is 2.73. The summed E-state index contributed by atoms with van der Waals surface area (Å²) in [5.74, 6) is -1.88. The zero-order valence-corrected chi connectivity index (χ0v) is 18.4. The molecule has 4 aromatic rings. The molecule has 0 amide bonds. The van der Waals surface area contributed by atoms with E-state index in [2.05, 4.69) is 4.98 Å². The Balaban J connectivity index is 1.83. The van der Waals surface area contributed by atoms with Crippen molar-refractivity contribution in [3.05, 3.63) is 83.4 Å². The van der Waals surface area contributed by atoms with E-state index in [-0.39, 0.29) is 22.4 Å². The van der Waals surface area contributed by atoms with Crippen LogP contribution in [0.25, 0.3) is 21.8 Å². The Morgan fingerprint density at radius 3 is 2.26 bits per heavy atom. The van der Waals surface area contributed by atoms with Gasteiger partial charge in [0.15, 0.2) is 5.60 Å². The van der Waals surface area contributed by atoms with Gasteiger partial charge in [0.2, 0.25) is 0 Å². The number of halogens is 5. The third kappa shape index (κ3) is 4.42. The van der Waals surface area contributed by atoms with Crippen molar-refractivity contribution in [3.8, 4) is 5.75 Å². The predicted molar refractivity (Wildman–Crippen MR) is 120 cm³/mol. The summed E-state index contributed by atoms with van der Waals surface area (Å²) < 4.78 is 71.0. The molecule has 0 fully saturated rings. The summed E-state index contributed by atoms with van der Waals surface area (Å²) in [6, 6.07) is 13.7. The zero-order chi connectivity index (χ0) is 24.9. The number of nitrogens with zero attached hydrogens (tertiary/aromatic N) is 1. The zero-order valence-electron chi connectivity index (χ0n) is 18.4. The summed E-state index contributed by atoms with van der Waals surface area (Å²) in [5.41, 5.74) is -4.33. The first-order chi connectivity index (χ1) is 15.8. The molecule has 3 aromatic carbocycles. The molecular weight excluding hydrogens is 453 g/mol. The van der Waals surface area contributed by atoms with Gasteiger partial charge in [-0.25, -0.2) is 13.8 Å². The Hall–Kier alpha value is -3.26. The molecule has 0 spiro atoms. The van der Waals surface area contributed by atoms with Gasteiger partial charge in [-0.05, 0) is 59.9 Å². The van der Waals surface area contributed by atoms with E-state index in [1.165, 1.54) is 19.9 Å². The summed E-state index contributed by atoms with van der Waals surface area (Å²) in [5, 5.41) is 22.1. The molecule has 1 atom stereocenters. The van der Waals surface area contributed by atoms with E-state index in [0.29, 0.717) is 16.3 Å². The van der Waals surface area contributed by atoms with Gasteiger partial charge in [0.05, 0.1) is 11.0 Å². The summed E-state index contributed by atoms with van der Waals surface area (Å²) in [4.78, 5) is 4.43. The maximum absolute atomic E-state index is 14.4. The van der Waals surface area contributed by atoms with Gasteiger partial charge in [0.1, 0.15) is 17.4 Å². The van der Waals surface area contributed by atoms with Gasteiger partial charge in [0, 0.05) is 22.8 Å². The van der Waals surface area contributed by atoms with Crippen LogP contribution in [0.2, 0.25) is 0 Å². The predicted octanol–water partition coefficient (Wildman–Crippen LogP) is 6.58. The van der Waals surface area contributed by atoms with Gasteiger partial charge in [0.25, 0.3) is 0 Å². The fourth-order valence-electron chi connectivity index (χ4n) is 4.51. The fourth-order valence-corrected chi connectivity index (χ4v) is 4.51. The Morgan fingerprint density at radius 2 is 1.56 bits per heavy atom. The molecule has 1 aromatic heterocycles. The first-order valence-electron chi connectivity index (χ1n) is 10.6. The van der Waals surface area contributed by atoms with Gasteiger partial charge in [-0.1, -0.05) is 32.0 Å². The lowest BCUT2D eigenvalue weighted by Gasteiger charge is -2.38. The van der Waals surface area contributed by atoms with E-state index in [4.69, 9.17) is 0 Å². The molecule has 0 radical (unpaired) electrons. The normalized spacial score (nSPS) is 14.5. The van der Waals surface area contributed by atoms with Crippen LogP contribution in [-0.2, 0) is 11.8 Å². The number of aromatic nitrogens is 1. The van der Waals surface area contributed by atoms with E-state index in [9.17, 15) is 32.2 Å². The molecule has 3 nitrogen and oxygen atoms in total. The molecule has 4 rings (SSSR count). The van der Waals surface area contributed by atoms with E-state index >= 15 is 0 Å². The topological polar surface area (TPSA) is 53.4 Å². The largest absolute Gasteiger partial charge is 0.508 e. The summed E-state index contributed by atoms with van der Waals surface area (Å²) in [6.45, 7) is 2.74. The molecule has 1 unspecified atom stereocenters. The third-order valence-corrected chi connectivity index (χ3v) is 6.10. The molecule has 34 heavy (non-hydrogen) atoms. The Labute approximate surface area is 192 Å². The lowest BCUT2D eigenvalue weighted by molar-refractivity contribution is -0.266. The number of hydrogen-bond acceptors (Lipinski definition) is 3. The van der Waals surface area contributed by atoms with E-state index in [1.54, 1.807) is 30.3 Å². The summed E-state index contributed by atoms with van der Waals surface area (Å²) >= 11 is 0. The first-order valence-corrected chi connectivity index (χ1v) is 10.6. The summed E-state index contributed by atoms with van der Waals surface area (Å²) in [6.07, 6.45) is -7.00. The highest BCUT2D eigenvalue weighted by Crippen LogP contribution is 2.45. The second kappa shape index (κ2) is 8.20. The molecular formula is C26H22F5NO2. The molecule has 0 aliphatic heterocycles. The first kappa shape index (κ1) is 23.9. The Kier molecular flexibility index (Phi) is 5.76. The van der Waals surface area contributed by atoms with Crippen molar-refractivity contribution < 1.29 is 32.2 Å². The molecule has 178 valence electrons. The number of para-hydroxylation sites is 1. The van der Waals surface area contributed by atoms with Crippen molar-refractivity contribution in [2.75, 3.05) is 0 Å². The van der Waals surface area contributed by atoms with Crippen LogP contribution in [0.4, 0.5) is 22.0 Å². The lowest BCUT2D eigenvalue weighted by Crippen LogP contribution is -2.50. The van der Waals surface area contributed by atoms with E-state index < -0.39 is 41.7 Å². The van der Waals surface area contributed by atoms with Crippen molar-refractivity contribution >= 4 is 21.8 Å². The molecule has 0 saturated heterocycles. The number of aliphatic hydroxyl groups is 1. The minimum atomic E-state index is -5.11. The number of benzene rings is 3. The van der Waals surface area contributed by atoms with Crippen LogP contribution in [-0.4, -0.2) is 27.0 Å². The minimum absolute atomic E-state index is 0.0802. The van der Waals surface area contributed by atoms with Gasteiger partial charge < -0.3 is 10.2 Å². The molecule has 0 aliphatic carbocycles. The molecule has 1 heterocycles. The highest BCUT2D eigenvalue weighted by atomic mass is 19.4. The smallest absolute Gasteiger partial charge is 0.417 e.